The molecule has 0 aliphatic heterocycles. The van der Waals surface area contributed by atoms with Gasteiger partial charge in [-0.1, -0.05) is 0 Å². The van der Waals surface area contributed by atoms with E-state index in [9.17, 15) is 9.59 Å². The highest BCUT2D eigenvalue weighted by molar-refractivity contribution is 5.84. The number of hydrogen-bond donors (Lipinski definition) is 2. The van der Waals surface area contributed by atoms with Gasteiger partial charge in [0.25, 0.3) is 0 Å². The minimum absolute atomic E-state index is 0.0472. The third kappa shape index (κ3) is 5.19. The van der Waals surface area contributed by atoms with Crippen molar-refractivity contribution in [3.63, 3.8) is 0 Å². The van der Waals surface area contributed by atoms with E-state index >= 15 is 0 Å². The number of hydrogen-bond acceptors (Lipinski definition) is 3. The van der Waals surface area contributed by atoms with Gasteiger partial charge in [0.2, 0.25) is 11.8 Å². The van der Waals surface area contributed by atoms with Gasteiger partial charge in [-0.05, 0) is 13.0 Å². The minimum Gasteiger partial charge on any atom is -0.358 e. The van der Waals surface area contributed by atoms with Crippen LogP contribution in [-0.2, 0) is 9.59 Å². The van der Waals surface area contributed by atoms with Crippen LogP contribution in [0.4, 0.5) is 0 Å². The predicted octanol–water partition coefficient (Wildman–Crippen LogP) is -1.07. The van der Waals surface area contributed by atoms with E-state index in [2.05, 4.69) is 5.32 Å². The maximum Gasteiger partial charge on any atom is 0.239 e. The second-order valence-electron chi connectivity index (χ2n) is 2.82. The van der Waals surface area contributed by atoms with Crippen molar-refractivity contribution in [2.75, 3.05) is 27.2 Å². The fourth-order valence-corrected chi connectivity index (χ4v) is 0.827. The van der Waals surface area contributed by atoms with E-state index in [0.717, 1.165) is 0 Å². The Morgan fingerprint density at radius 2 is 2.08 bits per heavy atom. The molecule has 3 N–H and O–H groups in total. The molecule has 0 aromatic rings. The lowest BCUT2D eigenvalue weighted by Crippen LogP contribution is -2.36. The molecule has 0 rings (SSSR count). The Hall–Kier alpha value is -1.10. The van der Waals surface area contributed by atoms with Crippen LogP contribution in [0.5, 0.6) is 0 Å². The van der Waals surface area contributed by atoms with Gasteiger partial charge in [0.15, 0.2) is 0 Å². The lowest BCUT2D eigenvalue weighted by atomic mass is 10.3. The second-order valence-corrected chi connectivity index (χ2v) is 2.82. The van der Waals surface area contributed by atoms with Gasteiger partial charge in [-0.15, -0.1) is 0 Å². The van der Waals surface area contributed by atoms with Gasteiger partial charge < -0.3 is 16.0 Å². The topological polar surface area (TPSA) is 75.4 Å². The van der Waals surface area contributed by atoms with E-state index in [-0.39, 0.29) is 18.4 Å². The highest BCUT2D eigenvalue weighted by atomic mass is 16.2. The maximum absolute atomic E-state index is 11.2. The van der Waals surface area contributed by atoms with E-state index in [1.54, 1.807) is 14.1 Å². The first kappa shape index (κ1) is 11.9. The highest BCUT2D eigenvalue weighted by Gasteiger charge is 2.10. The highest BCUT2D eigenvalue weighted by Crippen LogP contribution is 1.93. The first-order valence-electron chi connectivity index (χ1n) is 4.26. The second kappa shape index (κ2) is 6.42. The molecular formula is C8H17N3O2. The third-order valence-electron chi connectivity index (χ3n) is 1.68. The lowest BCUT2D eigenvalue weighted by Gasteiger charge is -2.15. The lowest BCUT2D eigenvalue weighted by molar-refractivity contribution is -0.134. The monoisotopic (exact) mass is 187 g/mol. The van der Waals surface area contributed by atoms with Crippen LogP contribution in [0.3, 0.4) is 0 Å². The number of carbonyl (C=O) groups excluding carboxylic acids is 2. The summed E-state index contributed by atoms with van der Waals surface area (Å²) in [6.07, 6.45) is 1.07. The average molecular weight is 187 g/mol. The zero-order valence-corrected chi connectivity index (χ0v) is 8.17. The van der Waals surface area contributed by atoms with Crippen LogP contribution in [0, 0.1) is 0 Å². The van der Waals surface area contributed by atoms with Crippen molar-refractivity contribution in [3.8, 4) is 0 Å². The number of nitrogens with two attached hydrogens (primary N) is 1. The molecule has 0 bridgehead atoms. The van der Waals surface area contributed by atoms with Crippen molar-refractivity contribution >= 4 is 11.8 Å². The quantitative estimate of drug-likeness (QED) is 0.575. The summed E-state index contributed by atoms with van der Waals surface area (Å²) in [5, 5.41) is 2.45. The van der Waals surface area contributed by atoms with Crippen LogP contribution in [0.1, 0.15) is 12.8 Å². The molecule has 2 amide bonds. The van der Waals surface area contributed by atoms with Crippen LogP contribution in [0.2, 0.25) is 0 Å². The summed E-state index contributed by atoms with van der Waals surface area (Å²) >= 11 is 0. The van der Waals surface area contributed by atoms with Crippen molar-refractivity contribution in [3.05, 3.63) is 0 Å². The number of nitrogens with one attached hydrogen (secondary N) is 1. The molecule has 13 heavy (non-hydrogen) atoms. The van der Waals surface area contributed by atoms with Crippen molar-refractivity contribution in [2.45, 2.75) is 12.8 Å². The maximum atomic E-state index is 11.2. The fraction of sp³-hybridized carbons (Fsp3) is 0.750. The standard InChI is InChI=1S/C8H17N3O2/c1-10-7(12)6-11(2)8(13)4-3-5-9/h3-6,9H2,1-2H3,(H,10,12). The summed E-state index contributed by atoms with van der Waals surface area (Å²) in [6, 6.07) is 0. The zero-order chi connectivity index (χ0) is 10.3. The molecule has 0 saturated carbocycles. The number of nitrogens with zero attached hydrogens (tertiary/aromatic N) is 1. The number of amides is 2. The van der Waals surface area contributed by atoms with Crippen LogP contribution in [0.25, 0.3) is 0 Å². The van der Waals surface area contributed by atoms with Crippen LogP contribution < -0.4 is 11.1 Å². The summed E-state index contributed by atoms with van der Waals surface area (Å²) in [5.74, 6) is -0.211. The molecule has 5 heteroatoms. The number of likely N-dealkylation sites (N-methyl/N-ethyl adjacent to an activating group) is 2. The molecule has 0 aromatic heterocycles. The first-order valence-corrected chi connectivity index (χ1v) is 4.26. The molecular weight excluding hydrogens is 170 g/mol. The Morgan fingerprint density at radius 1 is 1.46 bits per heavy atom. The molecule has 0 aliphatic carbocycles. The van der Waals surface area contributed by atoms with E-state index in [1.165, 1.54) is 4.90 Å². The molecule has 0 aromatic carbocycles. The van der Waals surface area contributed by atoms with E-state index in [4.69, 9.17) is 5.73 Å². The summed E-state index contributed by atoms with van der Waals surface area (Å²) in [5.41, 5.74) is 5.25. The summed E-state index contributed by atoms with van der Waals surface area (Å²) in [6.45, 7) is 0.611. The van der Waals surface area contributed by atoms with Crippen molar-refractivity contribution < 1.29 is 9.59 Å². The molecule has 0 aliphatic rings. The van der Waals surface area contributed by atoms with Gasteiger partial charge in [-0.2, -0.15) is 0 Å². The van der Waals surface area contributed by atoms with E-state index < -0.39 is 0 Å². The van der Waals surface area contributed by atoms with Gasteiger partial charge in [0, 0.05) is 20.5 Å². The summed E-state index contributed by atoms with van der Waals surface area (Å²) in [4.78, 5) is 23.5. The van der Waals surface area contributed by atoms with E-state index in [1.807, 2.05) is 0 Å². The van der Waals surface area contributed by atoms with Crippen molar-refractivity contribution in [2.24, 2.45) is 5.73 Å². The molecule has 0 radical (unpaired) electrons. The molecule has 0 fully saturated rings. The summed E-state index contributed by atoms with van der Waals surface area (Å²) < 4.78 is 0. The van der Waals surface area contributed by atoms with Crippen LogP contribution in [0.15, 0.2) is 0 Å². The van der Waals surface area contributed by atoms with Crippen LogP contribution in [-0.4, -0.2) is 43.9 Å². The largest absolute Gasteiger partial charge is 0.358 e. The van der Waals surface area contributed by atoms with E-state index in [0.29, 0.717) is 19.4 Å². The Labute approximate surface area is 78.3 Å². The first-order chi connectivity index (χ1) is 6.11. The Kier molecular flexibility index (Phi) is 5.88. The minimum atomic E-state index is -0.163. The normalized spacial score (nSPS) is 9.46. The zero-order valence-electron chi connectivity index (χ0n) is 8.17. The molecule has 5 nitrogen and oxygen atoms in total. The molecule has 76 valence electrons. The average Bonchev–Trinajstić information content (AvgIpc) is 2.13. The Morgan fingerprint density at radius 3 is 2.54 bits per heavy atom. The van der Waals surface area contributed by atoms with Gasteiger partial charge in [-0.25, -0.2) is 0 Å². The molecule has 0 heterocycles. The number of rotatable bonds is 5. The number of carbonyl (C=O) groups is 2. The SMILES string of the molecule is CNC(=O)CN(C)C(=O)CCCN. The Balaban J connectivity index is 3.75. The third-order valence-corrected chi connectivity index (χ3v) is 1.68. The fourth-order valence-electron chi connectivity index (χ4n) is 0.827. The molecule has 0 atom stereocenters. The predicted molar refractivity (Wildman–Crippen MR) is 50.0 cm³/mol. The molecule has 0 unspecified atom stereocenters. The van der Waals surface area contributed by atoms with Gasteiger partial charge in [-0.3, -0.25) is 9.59 Å². The van der Waals surface area contributed by atoms with Crippen molar-refractivity contribution in [1.82, 2.24) is 10.2 Å². The van der Waals surface area contributed by atoms with Crippen LogP contribution >= 0.6 is 0 Å². The smallest absolute Gasteiger partial charge is 0.239 e. The van der Waals surface area contributed by atoms with Gasteiger partial charge in [0.05, 0.1) is 6.54 Å². The van der Waals surface area contributed by atoms with Gasteiger partial charge in [0.1, 0.15) is 0 Å². The molecule has 0 spiro atoms. The summed E-state index contributed by atoms with van der Waals surface area (Å²) in [7, 11) is 3.15. The Bertz CT molecular complexity index is 182. The molecule has 0 saturated heterocycles. The van der Waals surface area contributed by atoms with Gasteiger partial charge >= 0.3 is 0 Å². The van der Waals surface area contributed by atoms with Crippen molar-refractivity contribution in [1.29, 1.82) is 0 Å².